The van der Waals surface area contributed by atoms with Crippen LogP contribution in [0.3, 0.4) is 0 Å². The zero-order valence-electron chi connectivity index (χ0n) is 7.53. The van der Waals surface area contributed by atoms with E-state index in [-0.39, 0.29) is 0 Å². The van der Waals surface area contributed by atoms with Crippen LogP contribution >= 0.6 is 0 Å². The number of carboxylic acid groups (broad SMARTS) is 1. The number of aromatic carboxylic acids is 1. The van der Waals surface area contributed by atoms with Crippen molar-refractivity contribution in [2.75, 3.05) is 0 Å². The molecule has 0 aromatic carbocycles. The zero-order valence-corrected chi connectivity index (χ0v) is 7.53. The van der Waals surface area contributed by atoms with E-state index < -0.39 is 5.97 Å². The number of aryl methyl sites for hydroxylation is 1. The van der Waals surface area contributed by atoms with Crippen LogP contribution in [0.2, 0.25) is 0 Å². The topological polar surface area (TPSA) is 42.2 Å². The lowest BCUT2D eigenvalue weighted by Gasteiger charge is -2.04. The second-order valence-corrected chi connectivity index (χ2v) is 3.20. The Morgan fingerprint density at radius 1 is 1.50 bits per heavy atom. The first-order chi connectivity index (χ1) is 5.52. The average molecular weight is 167 g/mol. The molecule has 0 aliphatic heterocycles. The van der Waals surface area contributed by atoms with Crippen LogP contribution in [0.1, 0.15) is 35.8 Å². The average Bonchev–Trinajstić information content (AvgIpc) is 2.30. The van der Waals surface area contributed by atoms with Crippen LogP contribution < -0.4 is 0 Å². The maximum absolute atomic E-state index is 10.6. The van der Waals surface area contributed by atoms with E-state index in [2.05, 4.69) is 0 Å². The Labute approximate surface area is 71.6 Å². The van der Waals surface area contributed by atoms with E-state index in [0.29, 0.717) is 11.6 Å². The van der Waals surface area contributed by atoms with Crippen molar-refractivity contribution in [3.8, 4) is 0 Å². The summed E-state index contributed by atoms with van der Waals surface area (Å²) in [6.07, 6.45) is 3.52. The number of hydrogen-bond donors (Lipinski definition) is 1. The fourth-order valence-electron chi connectivity index (χ4n) is 1.10. The second-order valence-electron chi connectivity index (χ2n) is 3.20. The maximum atomic E-state index is 10.6. The molecule has 0 fully saturated rings. The first-order valence-corrected chi connectivity index (χ1v) is 3.93. The zero-order chi connectivity index (χ0) is 9.30. The van der Waals surface area contributed by atoms with E-state index >= 15 is 0 Å². The lowest BCUT2D eigenvalue weighted by molar-refractivity contribution is 0.0696. The number of rotatable bonds is 2. The molecular formula is C9H13NO2. The van der Waals surface area contributed by atoms with Crippen molar-refractivity contribution in [2.45, 2.75) is 26.8 Å². The van der Waals surface area contributed by atoms with Gasteiger partial charge in [-0.2, -0.15) is 0 Å². The highest BCUT2D eigenvalue weighted by Gasteiger charge is 2.10. The Balaban J connectivity index is 3.09. The van der Waals surface area contributed by atoms with Gasteiger partial charge < -0.3 is 9.67 Å². The van der Waals surface area contributed by atoms with Crippen LogP contribution in [-0.2, 0) is 0 Å². The van der Waals surface area contributed by atoms with Gasteiger partial charge in [-0.1, -0.05) is 0 Å². The van der Waals surface area contributed by atoms with Crippen LogP contribution in [0.4, 0.5) is 0 Å². The van der Waals surface area contributed by atoms with E-state index in [1.54, 1.807) is 6.20 Å². The van der Waals surface area contributed by atoms with Gasteiger partial charge in [-0.05, 0) is 26.3 Å². The largest absolute Gasteiger partial charge is 0.478 e. The number of carboxylic acids is 1. The third-order valence-electron chi connectivity index (χ3n) is 1.87. The maximum Gasteiger partial charge on any atom is 0.337 e. The van der Waals surface area contributed by atoms with E-state index in [9.17, 15) is 4.79 Å². The first-order valence-electron chi connectivity index (χ1n) is 3.93. The molecule has 1 aromatic heterocycles. The molecule has 1 aromatic rings. The van der Waals surface area contributed by atoms with Crippen molar-refractivity contribution in [1.82, 2.24) is 4.57 Å². The van der Waals surface area contributed by atoms with E-state index in [4.69, 9.17) is 5.11 Å². The molecule has 1 rings (SSSR count). The van der Waals surface area contributed by atoms with Crippen LogP contribution in [0, 0.1) is 6.92 Å². The molecule has 0 atom stereocenters. The standard InChI is InChI=1S/C9H13NO2/c1-6(2)10-4-7(3)8(5-10)9(11)12/h4-6H,1-3H3,(H,11,12). The van der Waals surface area contributed by atoms with Gasteiger partial charge in [0, 0.05) is 18.4 Å². The molecule has 0 aliphatic rings. The molecule has 1 N–H and O–H groups in total. The Hall–Kier alpha value is -1.25. The molecule has 3 nitrogen and oxygen atoms in total. The van der Waals surface area contributed by atoms with Gasteiger partial charge >= 0.3 is 5.97 Å². The summed E-state index contributed by atoms with van der Waals surface area (Å²) in [5.74, 6) is -0.855. The number of hydrogen-bond acceptors (Lipinski definition) is 1. The predicted octanol–water partition coefficient (Wildman–Crippen LogP) is 2.08. The lowest BCUT2D eigenvalue weighted by Crippen LogP contribution is -1.98. The SMILES string of the molecule is Cc1cn(C(C)C)cc1C(=O)O. The van der Waals surface area contributed by atoms with Gasteiger partial charge in [0.15, 0.2) is 0 Å². The molecule has 0 bridgehead atoms. The minimum Gasteiger partial charge on any atom is -0.478 e. The lowest BCUT2D eigenvalue weighted by atomic mass is 10.2. The third-order valence-corrected chi connectivity index (χ3v) is 1.87. The van der Waals surface area contributed by atoms with Crippen molar-refractivity contribution < 1.29 is 9.90 Å². The minimum absolute atomic E-state index is 0.316. The molecule has 0 saturated heterocycles. The normalized spacial score (nSPS) is 10.7. The third kappa shape index (κ3) is 1.49. The monoisotopic (exact) mass is 167 g/mol. The highest BCUT2D eigenvalue weighted by Crippen LogP contribution is 2.13. The molecule has 12 heavy (non-hydrogen) atoms. The van der Waals surface area contributed by atoms with Crippen LogP contribution in [0.5, 0.6) is 0 Å². The van der Waals surface area contributed by atoms with Crippen molar-refractivity contribution in [2.24, 2.45) is 0 Å². The first kappa shape index (κ1) is 8.84. The molecule has 0 amide bonds. The van der Waals surface area contributed by atoms with Gasteiger partial charge in [-0.3, -0.25) is 0 Å². The Kier molecular flexibility index (Phi) is 2.22. The summed E-state index contributed by atoms with van der Waals surface area (Å²) in [5, 5.41) is 8.75. The summed E-state index contributed by atoms with van der Waals surface area (Å²) in [6.45, 7) is 5.85. The quantitative estimate of drug-likeness (QED) is 0.732. The van der Waals surface area contributed by atoms with Crippen molar-refractivity contribution in [1.29, 1.82) is 0 Å². The number of aromatic nitrogens is 1. The molecule has 66 valence electrons. The summed E-state index contributed by atoms with van der Waals surface area (Å²) < 4.78 is 1.90. The van der Waals surface area contributed by atoms with Crippen LogP contribution in [-0.4, -0.2) is 15.6 Å². The smallest absolute Gasteiger partial charge is 0.337 e. The number of nitrogens with zero attached hydrogens (tertiary/aromatic N) is 1. The van der Waals surface area contributed by atoms with Gasteiger partial charge in [-0.25, -0.2) is 4.79 Å². The second kappa shape index (κ2) is 3.01. The van der Waals surface area contributed by atoms with Gasteiger partial charge in [0.2, 0.25) is 0 Å². The highest BCUT2D eigenvalue weighted by molar-refractivity contribution is 5.89. The van der Waals surface area contributed by atoms with Crippen LogP contribution in [0.25, 0.3) is 0 Å². The predicted molar refractivity (Wildman–Crippen MR) is 46.5 cm³/mol. The Bertz CT molecular complexity index is 299. The van der Waals surface area contributed by atoms with Gasteiger partial charge in [0.05, 0.1) is 5.56 Å². The van der Waals surface area contributed by atoms with Crippen molar-refractivity contribution in [3.63, 3.8) is 0 Å². The van der Waals surface area contributed by atoms with Crippen molar-refractivity contribution >= 4 is 5.97 Å². The van der Waals surface area contributed by atoms with Gasteiger partial charge in [-0.15, -0.1) is 0 Å². The molecule has 3 heteroatoms. The Morgan fingerprint density at radius 3 is 2.33 bits per heavy atom. The molecule has 0 radical (unpaired) electrons. The van der Waals surface area contributed by atoms with E-state index in [0.717, 1.165) is 5.56 Å². The van der Waals surface area contributed by atoms with Gasteiger partial charge in [0.25, 0.3) is 0 Å². The molecule has 0 saturated carbocycles. The summed E-state index contributed by atoms with van der Waals surface area (Å²) in [6, 6.07) is 0.316. The number of carbonyl (C=O) groups is 1. The van der Waals surface area contributed by atoms with Crippen molar-refractivity contribution in [3.05, 3.63) is 23.5 Å². The molecule has 0 aliphatic carbocycles. The molecule has 0 spiro atoms. The molecule has 1 heterocycles. The summed E-state index contributed by atoms with van der Waals surface area (Å²) in [7, 11) is 0. The molecule has 0 unspecified atom stereocenters. The Morgan fingerprint density at radius 2 is 2.08 bits per heavy atom. The van der Waals surface area contributed by atoms with E-state index in [1.807, 2.05) is 31.5 Å². The fourth-order valence-corrected chi connectivity index (χ4v) is 1.10. The fraction of sp³-hybridized carbons (Fsp3) is 0.444. The van der Waals surface area contributed by atoms with Gasteiger partial charge in [0.1, 0.15) is 0 Å². The summed E-state index contributed by atoms with van der Waals surface area (Å²) >= 11 is 0. The highest BCUT2D eigenvalue weighted by atomic mass is 16.4. The van der Waals surface area contributed by atoms with Crippen LogP contribution in [0.15, 0.2) is 12.4 Å². The minimum atomic E-state index is -0.855. The van der Waals surface area contributed by atoms with E-state index in [1.165, 1.54) is 0 Å². The summed E-state index contributed by atoms with van der Waals surface area (Å²) in [5.41, 5.74) is 1.21. The summed E-state index contributed by atoms with van der Waals surface area (Å²) in [4.78, 5) is 10.6. The molecular weight excluding hydrogens is 154 g/mol.